The van der Waals surface area contributed by atoms with Gasteiger partial charge in [0.05, 0.1) is 12.3 Å². The number of unbranched alkanes of at least 4 members (excludes halogenated alkanes) is 1. The molecular formula is C23H33N5O2. The first-order valence-corrected chi connectivity index (χ1v) is 10.3. The van der Waals surface area contributed by atoms with Crippen LogP contribution in [0, 0.1) is 17.2 Å². The molecule has 30 heavy (non-hydrogen) atoms. The van der Waals surface area contributed by atoms with Crippen LogP contribution in [-0.4, -0.2) is 29.7 Å². The average Bonchev–Trinajstić information content (AvgIpc) is 2.73. The third-order valence-corrected chi connectivity index (χ3v) is 4.40. The highest BCUT2D eigenvalue weighted by Gasteiger charge is 2.15. The summed E-state index contributed by atoms with van der Waals surface area (Å²) in [5.74, 6) is -0.429. The Hall–Kier alpha value is -3.09. The van der Waals surface area contributed by atoms with Crippen molar-refractivity contribution in [1.29, 1.82) is 5.41 Å². The van der Waals surface area contributed by atoms with Crippen LogP contribution in [0.2, 0.25) is 0 Å². The van der Waals surface area contributed by atoms with E-state index in [0.29, 0.717) is 12.1 Å². The number of pyridine rings is 1. The van der Waals surface area contributed by atoms with Crippen molar-refractivity contribution in [3.05, 3.63) is 70.1 Å². The first-order valence-electron chi connectivity index (χ1n) is 10.3. The van der Waals surface area contributed by atoms with Gasteiger partial charge in [-0.1, -0.05) is 50.6 Å². The molecule has 1 aromatic heterocycles. The molecular weight excluding hydrogens is 378 g/mol. The highest BCUT2D eigenvalue weighted by molar-refractivity contribution is 6.16. The maximum Gasteiger partial charge on any atom is 0.251 e. The summed E-state index contributed by atoms with van der Waals surface area (Å²) in [7, 11) is 0. The number of aryl methyl sites for hydroxylation is 2. The summed E-state index contributed by atoms with van der Waals surface area (Å²) in [5.41, 5.74) is 4.03. The summed E-state index contributed by atoms with van der Waals surface area (Å²) < 4.78 is 0. The molecule has 162 valence electrons. The van der Waals surface area contributed by atoms with E-state index in [9.17, 15) is 9.70 Å². The summed E-state index contributed by atoms with van der Waals surface area (Å²) >= 11 is 0. The van der Waals surface area contributed by atoms with Gasteiger partial charge in [0.15, 0.2) is 0 Å². The van der Waals surface area contributed by atoms with E-state index < -0.39 is 5.91 Å². The molecule has 0 aliphatic heterocycles. The molecule has 0 fully saturated rings. The van der Waals surface area contributed by atoms with Crippen molar-refractivity contribution in [3.63, 3.8) is 0 Å². The standard InChI is InChI=1S/C23H33N5O2/c1-5-7-8-10-21(24)20(18(4)23(29)26-11-12-28-30)16-25-14-19-13-17(3)22(9-6-2)27-15-19/h8,10,13,15-16,24-25H,4-7,9,11-12,14H2,1-3H3,(H,26,29)/b10-8-,20-16-,24-21?. The topological polar surface area (TPSA) is 107 Å². The largest absolute Gasteiger partial charge is 0.386 e. The molecule has 0 saturated heterocycles. The molecule has 7 nitrogen and oxygen atoms in total. The van der Waals surface area contributed by atoms with Gasteiger partial charge in [-0.3, -0.25) is 9.78 Å². The van der Waals surface area contributed by atoms with Gasteiger partial charge >= 0.3 is 0 Å². The van der Waals surface area contributed by atoms with Gasteiger partial charge in [0, 0.05) is 42.3 Å². The summed E-state index contributed by atoms with van der Waals surface area (Å²) in [6, 6.07) is 2.10. The van der Waals surface area contributed by atoms with Gasteiger partial charge in [0.2, 0.25) is 0 Å². The molecule has 1 aromatic rings. The monoisotopic (exact) mass is 411 g/mol. The smallest absolute Gasteiger partial charge is 0.251 e. The first-order chi connectivity index (χ1) is 14.4. The van der Waals surface area contributed by atoms with E-state index in [0.717, 1.165) is 42.5 Å². The molecule has 0 saturated carbocycles. The first kappa shape index (κ1) is 24.9. The average molecular weight is 412 g/mol. The molecule has 0 atom stereocenters. The number of nitroso groups, excluding NO2 is 1. The minimum absolute atomic E-state index is 0.00938. The minimum Gasteiger partial charge on any atom is -0.386 e. The normalized spacial score (nSPS) is 11.4. The van der Waals surface area contributed by atoms with Crippen molar-refractivity contribution in [2.75, 3.05) is 13.1 Å². The third kappa shape index (κ3) is 8.51. The Kier molecular flexibility index (Phi) is 11.6. The van der Waals surface area contributed by atoms with Gasteiger partial charge in [-0.15, -0.1) is 0 Å². The van der Waals surface area contributed by atoms with Crippen molar-refractivity contribution in [2.45, 2.75) is 53.0 Å². The van der Waals surface area contributed by atoms with Crippen molar-refractivity contribution < 1.29 is 4.79 Å². The molecule has 0 spiro atoms. The number of nitrogens with zero attached hydrogens (tertiary/aromatic N) is 2. The van der Waals surface area contributed by atoms with Crippen molar-refractivity contribution in [1.82, 2.24) is 15.6 Å². The Balaban J connectivity index is 2.92. The lowest BCUT2D eigenvalue weighted by atomic mass is 10.0. The Labute approximate surface area is 179 Å². The Bertz CT molecular complexity index is 812. The van der Waals surface area contributed by atoms with Gasteiger partial charge in [0.1, 0.15) is 0 Å². The molecule has 7 heteroatoms. The second-order valence-electron chi connectivity index (χ2n) is 6.99. The fraction of sp³-hybridized carbons (Fsp3) is 0.435. The van der Waals surface area contributed by atoms with Gasteiger partial charge in [-0.2, -0.15) is 4.91 Å². The number of carbonyl (C=O) groups is 1. The number of hydrogen-bond acceptors (Lipinski definition) is 6. The van der Waals surface area contributed by atoms with Crippen LogP contribution in [0.15, 0.2) is 53.5 Å². The summed E-state index contributed by atoms with van der Waals surface area (Å²) in [5, 5.41) is 16.8. The van der Waals surface area contributed by atoms with Crippen LogP contribution in [0.1, 0.15) is 49.9 Å². The predicted octanol–water partition coefficient (Wildman–Crippen LogP) is 4.13. The number of allylic oxidation sites excluding steroid dienone is 2. The lowest BCUT2D eigenvalue weighted by molar-refractivity contribution is -0.117. The van der Waals surface area contributed by atoms with Crippen LogP contribution in [0.5, 0.6) is 0 Å². The molecule has 0 aliphatic carbocycles. The Morgan fingerprint density at radius 2 is 2.10 bits per heavy atom. The molecule has 0 aromatic carbocycles. The van der Waals surface area contributed by atoms with Crippen LogP contribution >= 0.6 is 0 Å². The lowest BCUT2D eigenvalue weighted by Crippen LogP contribution is -2.29. The van der Waals surface area contributed by atoms with Crippen molar-refractivity contribution in [3.8, 4) is 0 Å². The zero-order valence-electron chi connectivity index (χ0n) is 18.3. The molecule has 0 aliphatic rings. The van der Waals surface area contributed by atoms with E-state index in [1.54, 1.807) is 12.3 Å². The van der Waals surface area contributed by atoms with E-state index in [2.05, 4.69) is 54.2 Å². The highest BCUT2D eigenvalue weighted by atomic mass is 16.3. The maximum atomic E-state index is 12.3. The van der Waals surface area contributed by atoms with Crippen LogP contribution in [0.4, 0.5) is 0 Å². The zero-order valence-corrected chi connectivity index (χ0v) is 18.3. The SMILES string of the molecule is C=C(C(=O)NCCN=O)/C(=C/NCc1cnc(CCC)c(C)c1)C(=N)/C=C\CCC. The van der Waals surface area contributed by atoms with E-state index in [-0.39, 0.29) is 24.4 Å². The number of rotatable bonds is 14. The number of nitrogens with one attached hydrogen (secondary N) is 3. The fourth-order valence-electron chi connectivity index (χ4n) is 2.76. The van der Waals surface area contributed by atoms with E-state index >= 15 is 0 Å². The van der Waals surface area contributed by atoms with Gasteiger partial charge in [-0.05, 0) is 37.0 Å². The molecule has 1 heterocycles. The van der Waals surface area contributed by atoms with Gasteiger partial charge in [-0.25, -0.2) is 0 Å². The quantitative estimate of drug-likeness (QED) is 0.141. The second-order valence-corrected chi connectivity index (χ2v) is 6.99. The van der Waals surface area contributed by atoms with Crippen LogP contribution < -0.4 is 10.6 Å². The van der Waals surface area contributed by atoms with Crippen LogP contribution in [-0.2, 0) is 17.8 Å². The zero-order chi connectivity index (χ0) is 22.4. The Morgan fingerprint density at radius 3 is 2.73 bits per heavy atom. The minimum atomic E-state index is -0.429. The molecule has 0 bridgehead atoms. The summed E-state index contributed by atoms with van der Waals surface area (Å²) in [4.78, 5) is 27.1. The lowest BCUT2D eigenvalue weighted by Gasteiger charge is -2.12. The summed E-state index contributed by atoms with van der Waals surface area (Å²) in [6.07, 6.45) is 10.9. The molecule has 0 unspecified atom stereocenters. The van der Waals surface area contributed by atoms with Crippen LogP contribution in [0.3, 0.4) is 0 Å². The van der Waals surface area contributed by atoms with E-state index in [1.807, 2.05) is 12.3 Å². The molecule has 0 radical (unpaired) electrons. The number of hydrogen-bond donors (Lipinski definition) is 3. The molecule has 3 N–H and O–H groups in total. The van der Waals surface area contributed by atoms with Gasteiger partial charge < -0.3 is 16.0 Å². The summed E-state index contributed by atoms with van der Waals surface area (Å²) in [6.45, 7) is 10.7. The van der Waals surface area contributed by atoms with E-state index in [1.165, 1.54) is 0 Å². The number of carbonyl (C=O) groups excluding carboxylic acids is 1. The van der Waals surface area contributed by atoms with Crippen LogP contribution in [0.25, 0.3) is 0 Å². The van der Waals surface area contributed by atoms with Gasteiger partial charge in [0.25, 0.3) is 5.91 Å². The maximum absolute atomic E-state index is 12.3. The number of amides is 1. The predicted molar refractivity (Wildman–Crippen MR) is 122 cm³/mol. The number of aromatic nitrogens is 1. The van der Waals surface area contributed by atoms with E-state index in [4.69, 9.17) is 5.41 Å². The Morgan fingerprint density at radius 1 is 1.33 bits per heavy atom. The highest BCUT2D eigenvalue weighted by Crippen LogP contribution is 2.12. The molecule has 1 rings (SSSR count). The second kappa shape index (κ2) is 14.0. The fourth-order valence-corrected chi connectivity index (χ4v) is 2.76. The van der Waals surface area contributed by atoms with Crippen molar-refractivity contribution in [2.24, 2.45) is 5.18 Å². The van der Waals surface area contributed by atoms with Crippen molar-refractivity contribution >= 4 is 11.6 Å². The third-order valence-electron chi connectivity index (χ3n) is 4.40. The molecule has 1 amide bonds.